The Morgan fingerprint density at radius 2 is 1.90 bits per heavy atom. The van der Waals surface area contributed by atoms with Crippen molar-refractivity contribution in [2.75, 3.05) is 19.6 Å². The van der Waals surface area contributed by atoms with Gasteiger partial charge in [-0.3, -0.25) is 9.79 Å². The Bertz CT molecular complexity index is 441. The molecule has 21 heavy (non-hydrogen) atoms. The van der Waals surface area contributed by atoms with Crippen LogP contribution in [0.2, 0.25) is 0 Å². The molecule has 1 amide bonds. The van der Waals surface area contributed by atoms with E-state index in [-0.39, 0.29) is 5.91 Å². The lowest BCUT2D eigenvalue weighted by atomic mass is 9.98. The van der Waals surface area contributed by atoms with Gasteiger partial charge in [-0.2, -0.15) is 0 Å². The monoisotopic (exact) mass is 291 g/mol. The van der Waals surface area contributed by atoms with E-state index in [1.165, 1.54) is 18.7 Å². The largest absolute Gasteiger partial charge is 0.351 e. The predicted molar refractivity (Wildman–Crippen MR) is 88.1 cm³/mol. The van der Waals surface area contributed by atoms with Crippen LogP contribution in [0.3, 0.4) is 0 Å². The van der Waals surface area contributed by atoms with Crippen molar-refractivity contribution in [1.29, 1.82) is 0 Å². The van der Waals surface area contributed by atoms with Crippen LogP contribution in [0.4, 0.5) is 0 Å². The summed E-state index contributed by atoms with van der Waals surface area (Å²) in [5.74, 6) is 0.447. The zero-order valence-electron chi connectivity index (χ0n) is 13.1. The van der Waals surface area contributed by atoms with E-state index in [0.29, 0.717) is 11.6 Å². The Kier molecular flexibility index (Phi) is 8.19. The SMILES string of the molecule is CC(C)=N\C=N/C=C/N=C(\C)C(=O)NCC1CCNCC1. The molecule has 1 aliphatic heterocycles. The van der Waals surface area contributed by atoms with Crippen molar-refractivity contribution in [3.8, 4) is 0 Å². The van der Waals surface area contributed by atoms with Crippen LogP contribution in [-0.2, 0) is 4.79 Å². The molecule has 0 aromatic carbocycles. The summed E-state index contributed by atoms with van der Waals surface area (Å²) < 4.78 is 0. The van der Waals surface area contributed by atoms with Crippen LogP contribution < -0.4 is 10.6 Å². The molecule has 2 N–H and O–H groups in total. The molecule has 1 saturated heterocycles. The van der Waals surface area contributed by atoms with Crippen molar-refractivity contribution in [1.82, 2.24) is 10.6 Å². The molecule has 0 radical (unpaired) electrons. The molecule has 116 valence electrons. The Morgan fingerprint density at radius 3 is 2.57 bits per heavy atom. The Morgan fingerprint density at radius 1 is 1.19 bits per heavy atom. The van der Waals surface area contributed by atoms with Crippen molar-refractivity contribution >= 4 is 23.7 Å². The fraction of sp³-hybridized carbons (Fsp3) is 0.600. The van der Waals surface area contributed by atoms with Gasteiger partial charge in [0.1, 0.15) is 12.1 Å². The van der Waals surface area contributed by atoms with Gasteiger partial charge in [-0.15, -0.1) is 0 Å². The quantitative estimate of drug-likeness (QED) is 0.575. The van der Waals surface area contributed by atoms with Gasteiger partial charge in [-0.25, -0.2) is 9.98 Å². The third kappa shape index (κ3) is 8.14. The van der Waals surface area contributed by atoms with Gasteiger partial charge in [0.15, 0.2) is 0 Å². The molecule has 6 nitrogen and oxygen atoms in total. The molecule has 0 aromatic heterocycles. The summed E-state index contributed by atoms with van der Waals surface area (Å²) in [5, 5.41) is 6.24. The molecule has 1 heterocycles. The van der Waals surface area contributed by atoms with Crippen LogP contribution in [-0.4, -0.2) is 43.3 Å². The van der Waals surface area contributed by atoms with Crippen molar-refractivity contribution in [2.45, 2.75) is 33.6 Å². The van der Waals surface area contributed by atoms with Crippen LogP contribution in [0.25, 0.3) is 0 Å². The first kappa shape index (κ1) is 17.2. The maximum absolute atomic E-state index is 11.8. The van der Waals surface area contributed by atoms with Gasteiger partial charge in [-0.05, 0) is 52.6 Å². The number of piperidine rings is 1. The van der Waals surface area contributed by atoms with Crippen LogP contribution in [0.5, 0.6) is 0 Å². The van der Waals surface area contributed by atoms with Crippen LogP contribution in [0, 0.1) is 5.92 Å². The Labute approximate surface area is 126 Å². The lowest BCUT2D eigenvalue weighted by Gasteiger charge is -2.22. The second-order valence-electron chi connectivity index (χ2n) is 5.26. The summed E-state index contributed by atoms with van der Waals surface area (Å²) in [6, 6.07) is 0. The summed E-state index contributed by atoms with van der Waals surface area (Å²) >= 11 is 0. The number of hydrogen-bond donors (Lipinski definition) is 2. The summed E-state index contributed by atoms with van der Waals surface area (Å²) in [6.45, 7) is 8.28. The van der Waals surface area contributed by atoms with Crippen LogP contribution in [0.1, 0.15) is 33.6 Å². The number of carbonyl (C=O) groups excluding carboxylic acids is 1. The first-order valence-electron chi connectivity index (χ1n) is 7.30. The van der Waals surface area contributed by atoms with E-state index < -0.39 is 0 Å². The summed E-state index contributed by atoms with van der Waals surface area (Å²) in [4.78, 5) is 23.8. The smallest absolute Gasteiger partial charge is 0.265 e. The lowest BCUT2D eigenvalue weighted by molar-refractivity contribution is -0.115. The zero-order chi connectivity index (χ0) is 15.5. The number of carbonyl (C=O) groups is 1. The molecular formula is C15H25N5O. The third-order valence-corrected chi connectivity index (χ3v) is 3.14. The Hall–Kier alpha value is -1.82. The van der Waals surface area contributed by atoms with E-state index >= 15 is 0 Å². The molecular weight excluding hydrogens is 266 g/mol. The first-order chi connectivity index (χ1) is 10.1. The topological polar surface area (TPSA) is 78.2 Å². The summed E-state index contributed by atoms with van der Waals surface area (Å²) in [7, 11) is 0. The van der Waals surface area contributed by atoms with Crippen molar-refractivity contribution in [3.05, 3.63) is 12.4 Å². The van der Waals surface area contributed by atoms with Crippen LogP contribution in [0.15, 0.2) is 27.4 Å². The van der Waals surface area contributed by atoms with Gasteiger partial charge < -0.3 is 10.6 Å². The fourth-order valence-electron chi connectivity index (χ4n) is 1.88. The number of rotatable bonds is 6. The number of nitrogens with zero attached hydrogens (tertiary/aromatic N) is 3. The van der Waals surface area contributed by atoms with Crippen molar-refractivity contribution in [2.24, 2.45) is 20.9 Å². The average molecular weight is 291 g/mol. The molecule has 0 bridgehead atoms. The normalized spacial score (nSPS) is 17.4. The predicted octanol–water partition coefficient (Wildman–Crippen LogP) is 1.54. The highest BCUT2D eigenvalue weighted by atomic mass is 16.1. The summed E-state index contributed by atoms with van der Waals surface area (Å²) in [5.41, 5.74) is 1.37. The van der Waals surface area contributed by atoms with E-state index in [4.69, 9.17) is 0 Å². The van der Waals surface area contributed by atoms with Gasteiger partial charge in [0.25, 0.3) is 5.91 Å². The average Bonchev–Trinajstić information content (AvgIpc) is 2.48. The highest BCUT2D eigenvalue weighted by Crippen LogP contribution is 2.09. The third-order valence-electron chi connectivity index (χ3n) is 3.14. The second kappa shape index (κ2) is 9.99. The first-order valence-corrected chi connectivity index (χ1v) is 7.30. The van der Waals surface area contributed by atoms with Crippen LogP contribution >= 0.6 is 0 Å². The number of amides is 1. The van der Waals surface area contributed by atoms with Gasteiger partial charge >= 0.3 is 0 Å². The molecule has 0 spiro atoms. The molecule has 6 heteroatoms. The zero-order valence-corrected chi connectivity index (χ0v) is 13.1. The molecule has 0 saturated carbocycles. The molecule has 0 unspecified atom stereocenters. The Balaban J connectivity index is 2.31. The van der Waals surface area contributed by atoms with E-state index in [1.807, 2.05) is 13.8 Å². The number of nitrogens with one attached hydrogen (secondary N) is 2. The highest BCUT2D eigenvalue weighted by molar-refractivity contribution is 6.38. The second-order valence-corrected chi connectivity index (χ2v) is 5.26. The van der Waals surface area contributed by atoms with E-state index in [9.17, 15) is 4.79 Å². The molecule has 0 aliphatic carbocycles. The highest BCUT2D eigenvalue weighted by Gasteiger charge is 2.14. The fourth-order valence-corrected chi connectivity index (χ4v) is 1.88. The van der Waals surface area contributed by atoms with E-state index in [0.717, 1.165) is 38.2 Å². The number of aliphatic imine (C=N–C) groups is 3. The standard InChI is InChI=1S/C15H25N5O/c1-12(2)20-11-17-8-9-18-13(3)15(21)19-10-14-4-6-16-7-5-14/h8-9,11,14,16H,4-7,10H2,1-3H3,(H,19,21)/b9-8+,17-11-,18-13+. The maximum Gasteiger partial charge on any atom is 0.265 e. The van der Waals surface area contributed by atoms with Crippen molar-refractivity contribution in [3.63, 3.8) is 0 Å². The van der Waals surface area contributed by atoms with Gasteiger partial charge in [-0.1, -0.05) is 0 Å². The molecule has 1 rings (SSSR count). The molecule has 0 aromatic rings. The van der Waals surface area contributed by atoms with Gasteiger partial charge in [0.2, 0.25) is 0 Å². The minimum atomic E-state index is -0.121. The molecule has 0 atom stereocenters. The number of hydrogen-bond acceptors (Lipinski definition) is 4. The van der Waals surface area contributed by atoms with E-state index in [1.54, 1.807) is 6.92 Å². The molecule has 1 aliphatic rings. The molecule has 1 fully saturated rings. The minimum Gasteiger partial charge on any atom is -0.351 e. The minimum absolute atomic E-state index is 0.121. The lowest BCUT2D eigenvalue weighted by Crippen LogP contribution is -2.38. The van der Waals surface area contributed by atoms with E-state index in [2.05, 4.69) is 25.6 Å². The summed E-state index contributed by atoms with van der Waals surface area (Å²) in [6.07, 6.45) is 6.69. The van der Waals surface area contributed by atoms with Gasteiger partial charge in [0.05, 0.1) is 0 Å². The van der Waals surface area contributed by atoms with Gasteiger partial charge in [0, 0.05) is 24.7 Å². The van der Waals surface area contributed by atoms with Crippen molar-refractivity contribution < 1.29 is 4.79 Å². The maximum atomic E-state index is 11.8.